The van der Waals surface area contributed by atoms with Crippen LogP contribution >= 0.6 is 0 Å². The summed E-state index contributed by atoms with van der Waals surface area (Å²) in [5, 5.41) is 1.21. The lowest BCUT2D eigenvalue weighted by Gasteiger charge is -2.13. The third-order valence-corrected chi connectivity index (χ3v) is 4.66. The summed E-state index contributed by atoms with van der Waals surface area (Å²) in [7, 11) is 3.36. The lowest BCUT2D eigenvalue weighted by molar-refractivity contribution is 0.414. The molecule has 27 heavy (non-hydrogen) atoms. The summed E-state index contributed by atoms with van der Waals surface area (Å²) in [4.78, 5) is 0. The number of hydrogen-bond acceptors (Lipinski definition) is 2. The average molecular weight is 355 g/mol. The van der Waals surface area contributed by atoms with Crippen LogP contribution in [-0.2, 0) is 0 Å². The Morgan fingerprint density at radius 1 is 0.741 bits per heavy atom. The van der Waals surface area contributed by atoms with E-state index in [1.54, 1.807) is 14.2 Å². The van der Waals surface area contributed by atoms with Crippen molar-refractivity contribution >= 4 is 22.7 Å². The molecule has 4 aromatic rings. The van der Waals surface area contributed by atoms with Gasteiger partial charge in [-0.25, -0.2) is 0 Å². The first kappa shape index (κ1) is 17.0. The van der Waals surface area contributed by atoms with Gasteiger partial charge in [-0.05, 0) is 71.1 Å². The van der Waals surface area contributed by atoms with Crippen molar-refractivity contribution in [3.8, 4) is 11.5 Å². The molecule has 0 spiro atoms. The Kier molecular flexibility index (Phi) is 4.67. The molecule has 0 aliphatic carbocycles. The summed E-state index contributed by atoms with van der Waals surface area (Å²) in [6.07, 6.45) is 4.30. The Balaban J connectivity index is 1.86. The van der Waals surface area contributed by atoms with Gasteiger partial charge < -0.3 is 14.0 Å². The molecule has 1 aromatic heterocycles. The van der Waals surface area contributed by atoms with Gasteiger partial charge in [0.1, 0.15) is 11.5 Å². The summed E-state index contributed by atoms with van der Waals surface area (Å²) in [6.45, 7) is 0. The zero-order valence-corrected chi connectivity index (χ0v) is 15.4. The zero-order valence-electron chi connectivity index (χ0n) is 15.4. The van der Waals surface area contributed by atoms with Gasteiger partial charge >= 0.3 is 0 Å². The number of para-hydroxylation sites is 1. The van der Waals surface area contributed by atoms with Gasteiger partial charge in [0, 0.05) is 6.20 Å². The molecule has 0 saturated heterocycles. The minimum atomic E-state index is 0.847. The molecule has 0 atom stereocenters. The van der Waals surface area contributed by atoms with Gasteiger partial charge in [-0.1, -0.05) is 30.3 Å². The summed E-state index contributed by atoms with van der Waals surface area (Å²) < 4.78 is 12.8. The van der Waals surface area contributed by atoms with E-state index in [0.29, 0.717) is 0 Å². The lowest BCUT2D eigenvalue weighted by atomic mass is 10.1. The standard InChI is InChI=1S/C24H21NO2/c1-26-21-11-7-18(8-12-21)17-24(20-9-13-22(27-2)14-10-20)25-16-15-19-5-3-4-6-23(19)25/h3-17H,1-2H3/b24-17-. The molecule has 3 aromatic carbocycles. The largest absolute Gasteiger partial charge is 0.497 e. The molecule has 3 heteroatoms. The minimum Gasteiger partial charge on any atom is -0.497 e. The van der Waals surface area contributed by atoms with Gasteiger partial charge in [-0.2, -0.15) is 0 Å². The van der Waals surface area contributed by atoms with Crippen LogP contribution in [0.4, 0.5) is 0 Å². The van der Waals surface area contributed by atoms with Gasteiger partial charge in [0.2, 0.25) is 0 Å². The van der Waals surface area contributed by atoms with Gasteiger partial charge in [0.15, 0.2) is 0 Å². The first-order chi connectivity index (χ1) is 13.3. The molecule has 0 radical (unpaired) electrons. The summed E-state index contributed by atoms with van der Waals surface area (Å²) >= 11 is 0. The normalized spacial score (nSPS) is 11.6. The van der Waals surface area contributed by atoms with E-state index in [0.717, 1.165) is 28.3 Å². The molecule has 4 rings (SSSR count). The fourth-order valence-electron chi connectivity index (χ4n) is 3.20. The van der Waals surface area contributed by atoms with E-state index in [1.165, 1.54) is 10.9 Å². The van der Waals surface area contributed by atoms with Crippen molar-refractivity contribution in [3.05, 3.63) is 96.2 Å². The van der Waals surface area contributed by atoms with Crippen molar-refractivity contribution in [1.29, 1.82) is 0 Å². The molecule has 0 fully saturated rings. The van der Waals surface area contributed by atoms with Crippen LogP contribution in [0.25, 0.3) is 22.7 Å². The maximum Gasteiger partial charge on any atom is 0.118 e. The highest BCUT2D eigenvalue weighted by atomic mass is 16.5. The minimum absolute atomic E-state index is 0.847. The third-order valence-electron chi connectivity index (χ3n) is 4.66. The third kappa shape index (κ3) is 3.44. The Morgan fingerprint density at radius 2 is 1.37 bits per heavy atom. The predicted molar refractivity (Wildman–Crippen MR) is 111 cm³/mol. The molecule has 0 bridgehead atoms. The highest BCUT2D eigenvalue weighted by Crippen LogP contribution is 2.28. The SMILES string of the molecule is COc1ccc(/C=C(/c2ccc(OC)cc2)n2ccc3ccccc32)cc1. The molecule has 0 aliphatic rings. The van der Waals surface area contributed by atoms with E-state index < -0.39 is 0 Å². The smallest absolute Gasteiger partial charge is 0.118 e. The second kappa shape index (κ2) is 7.42. The van der Waals surface area contributed by atoms with Crippen molar-refractivity contribution in [2.75, 3.05) is 14.2 Å². The number of methoxy groups -OCH3 is 2. The first-order valence-corrected chi connectivity index (χ1v) is 8.85. The van der Waals surface area contributed by atoms with E-state index in [1.807, 2.05) is 24.3 Å². The van der Waals surface area contributed by atoms with Crippen molar-refractivity contribution in [1.82, 2.24) is 4.57 Å². The Morgan fingerprint density at radius 3 is 2.04 bits per heavy atom. The number of benzene rings is 3. The van der Waals surface area contributed by atoms with Crippen molar-refractivity contribution in [2.45, 2.75) is 0 Å². The van der Waals surface area contributed by atoms with Crippen LogP contribution in [0.3, 0.4) is 0 Å². The van der Waals surface area contributed by atoms with Crippen LogP contribution in [0.2, 0.25) is 0 Å². The van der Waals surface area contributed by atoms with Crippen molar-refractivity contribution in [3.63, 3.8) is 0 Å². The first-order valence-electron chi connectivity index (χ1n) is 8.85. The Labute approximate surface area is 159 Å². The fraction of sp³-hybridized carbons (Fsp3) is 0.0833. The quantitative estimate of drug-likeness (QED) is 0.428. The van der Waals surface area contributed by atoms with Gasteiger partial charge in [-0.15, -0.1) is 0 Å². The average Bonchev–Trinajstić information content (AvgIpc) is 3.16. The van der Waals surface area contributed by atoms with E-state index in [-0.39, 0.29) is 0 Å². The van der Waals surface area contributed by atoms with E-state index >= 15 is 0 Å². The highest BCUT2D eigenvalue weighted by molar-refractivity contribution is 5.90. The van der Waals surface area contributed by atoms with Crippen LogP contribution in [0.5, 0.6) is 11.5 Å². The number of aromatic nitrogens is 1. The van der Waals surface area contributed by atoms with Crippen LogP contribution in [0.1, 0.15) is 11.1 Å². The number of nitrogens with zero attached hydrogens (tertiary/aromatic N) is 1. The predicted octanol–water partition coefficient (Wildman–Crippen LogP) is 5.70. The van der Waals surface area contributed by atoms with Crippen molar-refractivity contribution < 1.29 is 9.47 Å². The molecular weight excluding hydrogens is 334 g/mol. The number of fused-ring (bicyclic) bond motifs is 1. The zero-order chi connectivity index (χ0) is 18.6. The monoisotopic (exact) mass is 355 g/mol. The van der Waals surface area contributed by atoms with Gasteiger partial charge in [-0.3, -0.25) is 0 Å². The molecule has 0 saturated carbocycles. The summed E-state index contributed by atoms with van der Waals surface area (Å²) in [6, 6.07) is 26.8. The number of ether oxygens (including phenoxy) is 2. The lowest BCUT2D eigenvalue weighted by Crippen LogP contribution is -1.98. The second-order valence-corrected chi connectivity index (χ2v) is 6.28. The summed E-state index contributed by atoms with van der Waals surface area (Å²) in [5.74, 6) is 1.70. The Hall–Kier alpha value is -3.46. The van der Waals surface area contributed by atoms with Crippen molar-refractivity contribution in [2.24, 2.45) is 0 Å². The van der Waals surface area contributed by atoms with E-state index in [9.17, 15) is 0 Å². The van der Waals surface area contributed by atoms with Crippen LogP contribution < -0.4 is 9.47 Å². The molecule has 0 amide bonds. The molecule has 0 aliphatic heterocycles. The highest BCUT2D eigenvalue weighted by Gasteiger charge is 2.09. The number of hydrogen-bond donors (Lipinski definition) is 0. The molecule has 3 nitrogen and oxygen atoms in total. The maximum absolute atomic E-state index is 5.31. The Bertz CT molecular complexity index is 1070. The second-order valence-electron chi connectivity index (χ2n) is 6.28. The topological polar surface area (TPSA) is 23.4 Å². The molecule has 0 N–H and O–H groups in total. The number of rotatable bonds is 5. The summed E-state index contributed by atoms with van der Waals surface area (Å²) in [5.41, 5.74) is 4.50. The van der Waals surface area contributed by atoms with Gasteiger partial charge in [0.05, 0.1) is 25.4 Å². The van der Waals surface area contributed by atoms with E-state index in [2.05, 4.69) is 71.4 Å². The van der Waals surface area contributed by atoms with Crippen LogP contribution in [0.15, 0.2) is 85.1 Å². The van der Waals surface area contributed by atoms with Crippen LogP contribution in [0, 0.1) is 0 Å². The van der Waals surface area contributed by atoms with E-state index in [4.69, 9.17) is 9.47 Å². The molecule has 134 valence electrons. The molecular formula is C24H21NO2. The molecule has 0 unspecified atom stereocenters. The van der Waals surface area contributed by atoms with Gasteiger partial charge in [0.25, 0.3) is 0 Å². The molecule has 1 heterocycles. The maximum atomic E-state index is 5.31. The fourth-order valence-corrected chi connectivity index (χ4v) is 3.20. The van der Waals surface area contributed by atoms with Crippen LogP contribution in [-0.4, -0.2) is 18.8 Å².